The fourth-order valence-electron chi connectivity index (χ4n) is 2.60. The Morgan fingerprint density at radius 3 is 3.16 bits per heavy atom. The molecule has 0 aliphatic heterocycles. The summed E-state index contributed by atoms with van der Waals surface area (Å²) in [5.74, 6) is 0.650. The van der Waals surface area contributed by atoms with Crippen molar-refractivity contribution in [2.45, 2.75) is 38.3 Å². The van der Waals surface area contributed by atoms with Gasteiger partial charge in [0.1, 0.15) is 0 Å². The van der Waals surface area contributed by atoms with Crippen molar-refractivity contribution < 1.29 is 0 Å². The Hall–Kier alpha value is -2.02. The van der Waals surface area contributed by atoms with Gasteiger partial charge >= 0.3 is 0 Å². The third-order valence-corrected chi connectivity index (χ3v) is 3.53. The fourth-order valence-corrected chi connectivity index (χ4v) is 2.60. The van der Waals surface area contributed by atoms with E-state index in [0.717, 1.165) is 25.0 Å². The average Bonchev–Trinajstić information content (AvgIpc) is 2.92. The van der Waals surface area contributed by atoms with Crippen molar-refractivity contribution in [2.24, 2.45) is 0 Å². The highest BCUT2D eigenvalue weighted by Crippen LogP contribution is 2.29. The minimum absolute atomic E-state index is 0.0154. The highest BCUT2D eigenvalue weighted by atomic mass is 16.1. The van der Waals surface area contributed by atoms with E-state index >= 15 is 0 Å². The van der Waals surface area contributed by atoms with Gasteiger partial charge in [-0.25, -0.2) is 0 Å². The van der Waals surface area contributed by atoms with Crippen LogP contribution in [0.1, 0.15) is 48.9 Å². The molecule has 2 atom stereocenters. The summed E-state index contributed by atoms with van der Waals surface area (Å²) in [5, 5.41) is 17.5. The number of tetrazole rings is 1. The van der Waals surface area contributed by atoms with Crippen molar-refractivity contribution in [2.75, 3.05) is 0 Å². The molecular weight excluding hydrogens is 244 g/mol. The van der Waals surface area contributed by atoms with Crippen LogP contribution in [0.15, 0.2) is 16.9 Å². The van der Waals surface area contributed by atoms with Crippen LogP contribution in [0.4, 0.5) is 0 Å². The largest absolute Gasteiger partial charge is 0.326 e. The topological polar surface area (TPSA) is 99.4 Å². The lowest BCUT2D eigenvalue weighted by Gasteiger charge is -2.27. The maximum atomic E-state index is 11.3. The maximum absolute atomic E-state index is 11.3. The number of hydrogen-bond acceptors (Lipinski definition) is 5. The van der Waals surface area contributed by atoms with Crippen molar-refractivity contribution in [3.8, 4) is 0 Å². The lowest BCUT2D eigenvalue weighted by atomic mass is 9.91. The molecule has 2 unspecified atom stereocenters. The van der Waals surface area contributed by atoms with Gasteiger partial charge in [-0.3, -0.25) is 4.79 Å². The molecule has 0 amide bonds. The minimum Gasteiger partial charge on any atom is -0.326 e. The van der Waals surface area contributed by atoms with Crippen molar-refractivity contribution in [3.63, 3.8) is 0 Å². The molecule has 1 aliphatic carbocycles. The second kappa shape index (κ2) is 4.93. The van der Waals surface area contributed by atoms with E-state index in [9.17, 15) is 4.79 Å². The van der Waals surface area contributed by atoms with Crippen LogP contribution in [0.25, 0.3) is 0 Å². The standard InChI is InChI=1S/C12H16N6O/c1-7(12-15-17-18-16-12)13-9-3-2-4-10-8(9)5-6-11(19)14-10/h5-7,9,13H,2-4H2,1H3,(H,14,19)(H,15,16,17,18). The first-order valence-corrected chi connectivity index (χ1v) is 6.45. The number of aryl methyl sites for hydroxylation is 1. The zero-order valence-electron chi connectivity index (χ0n) is 10.7. The summed E-state index contributed by atoms with van der Waals surface area (Å²) in [4.78, 5) is 14.3. The molecule has 7 heteroatoms. The molecule has 0 radical (unpaired) electrons. The maximum Gasteiger partial charge on any atom is 0.248 e. The number of hydrogen-bond donors (Lipinski definition) is 3. The molecule has 0 saturated heterocycles. The quantitative estimate of drug-likeness (QED) is 0.751. The van der Waals surface area contributed by atoms with E-state index in [0.29, 0.717) is 5.82 Å². The zero-order chi connectivity index (χ0) is 13.2. The number of nitrogens with one attached hydrogen (secondary N) is 3. The molecule has 0 saturated carbocycles. The summed E-state index contributed by atoms with van der Waals surface area (Å²) in [6.45, 7) is 2.00. The second-order valence-electron chi connectivity index (χ2n) is 4.86. The number of nitrogens with zero attached hydrogens (tertiary/aromatic N) is 3. The van der Waals surface area contributed by atoms with Crippen LogP contribution in [0.3, 0.4) is 0 Å². The summed E-state index contributed by atoms with van der Waals surface area (Å²) in [7, 11) is 0. The first-order chi connectivity index (χ1) is 9.24. The lowest BCUT2D eigenvalue weighted by Crippen LogP contribution is -2.30. The first kappa shape index (κ1) is 12.0. The van der Waals surface area contributed by atoms with E-state index in [-0.39, 0.29) is 17.6 Å². The van der Waals surface area contributed by atoms with Crippen LogP contribution in [-0.2, 0) is 6.42 Å². The highest BCUT2D eigenvalue weighted by Gasteiger charge is 2.23. The van der Waals surface area contributed by atoms with E-state index in [4.69, 9.17) is 0 Å². The average molecular weight is 260 g/mol. The first-order valence-electron chi connectivity index (χ1n) is 6.45. The summed E-state index contributed by atoms with van der Waals surface area (Å²) < 4.78 is 0. The molecular formula is C12H16N6O. The van der Waals surface area contributed by atoms with E-state index in [1.54, 1.807) is 6.07 Å². The molecule has 2 aromatic rings. The lowest BCUT2D eigenvalue weighted by molar-refractivity contribution is 0.402. The van der Waals surface area contributed by atoms with Crippen LogP contribution >= 0.6 is 0 Å². The van der Waals surface area contributed by atoms with Gasteiger partial charge in [-0.05, 0) is 31.7 Å². The van der Waals surface area contributed by atoms with E-state index in [2.05, 4.69) is 30.9 Å². The van der Waals surface area contributed by atoms with Crippen molar-refractivity contribution in [3.05, 3.63) is 39.6 Å². The zero-order valence-corrected chi connectivity index (χ0v) is 10.7. The Kier molecular flexibility index (Phi) is 3.12. The number of pyridine rings is 1. The highest BCUT2D eigenvalue weighted by molar-refractivity contribution is 5.26. The summed E-state index contributed by atoms with van der Waals surface area (Å²) >= 11 is 0. The predicted octanol–water partition coefficient (Wildman–Crippen LogP) is 0.616. The van der Waals surface area contributed by atoms with Gasteiger partial charge < -0.3 is 10.3 Å². The molecule has 0 fully saturated rings. The number of H-pyrrole nitrogens is 2. The van der Waals surface area contributed by atoms with Gasteiger partial charge in [-0.1, -0.05) is 11.3 Å². The Balaban J connectivity index is 1.82. The van der Waals surface area contributed by atoms with Gasteiger partial charge in [-0.2, -0.15) is 5.21 Å². The number of fused-ring (bicyclic) bond motifs is 1. The second-order valence-corrected chi connectivity index (χ2v) is 4.86. The SMILES string of the molecule is CC(NC1CCCc2[nH]c(=O)ccc21)c1nn[nH]n1. The van der Waals surface area contributed by atoms with Gasteiger partial charge in [0.05, 0.1) is 6.04 Å². The predicted molar refractivity (Wildman–Crippen MR) is 68.5 cm³/mol. The molecule has 2 aromatic heterocycles. The van der Waals surface area contributed by atoms with Gasteiger partial charge in [0.15, 0.2) is 5.82 Å². The van der Waals surface area contributed by atoms with E-state index < -0.39 is 0 Å². The molecule has 3 N–H and O–H groups in total. The van der Waals surface area contributed by atoms with Crippen molar-refractivity contribution in [1.29, 1.82) is 0 Å². The smallest absolute Gasteiger partial charge is 0.248 e. The molecule has 0 bridgehead atoms. The van der Waals surface area contributed by atoms with E-state index in [1.807, 2.05) is 13.0 Å². The molecule has 0 spiro atoms. The Labute approximate surface area is 109 Å². The Morgan fingerprint density at radius 2 is 2.37 bits per heavy atom. The van der Waals surface area contributed by atoms with Gasteiger partial charge in [0.2, 0.25) is 5.56 Å². The monoisotopic (exact) mass is 260 g/mol. The third kappa shape index (κ3) is 2.41. The van der Waals surface area contributed by atoms with Crippen LogP contribution in [0.5, 0.6) is 0 Å². The third-order valence-electron chi connectivity index (χ3n) is 3.53. The molecule has 100 valence electrons. The number of aromatic nitrogens is 5. The van der Waals surface area contributed by atoms with Crippen LogP contribution in [0, 0.1) is 0 Å². The van der Waals surface area contributed by atoms with Gasteiger partial charge in [0, 0.05) is 17.8 Å². The molecule has 1 aliphatic rings. The molecule has 3 rings (SSSR count). The van der Waals surface area contributed by atoms with Gasteiger partial charge in [0.25, 0.3) is 0 Å². The van der Waals surface area contributed by atoms with E-state index in [1.165, 1.54) is 5.56 Å². The minimum atomic E-state index is -0.0365. The normalized spacial score (nSPS) is 19.9. The summed E-state index contributed by atoms with van der Waals surface area (Å²) in [6.07, 6.45) is 3.03. The molecule has 2 heterocycles. The number of aromatic amines is 2. The fraction of sp³-hybridized carbons (Fsp3) is 0.500. The Bertz CT molecular complexity index is 605. The van der Waals surface area contributed by atoms with Gasteiger partial charge in [-0.15, -0.1) is 10.2 Å². The summed E-state index contributed by atoms with van der Waals surface area (Å²) in [6, 6.07) is 3.72. The number of rotatable bonds is 3. The molecule has 19 heavy (non-hydrogen) atoms. The Morgan fingerprint density at radius 1 is 1.47 bits per heavy atom. The molecule has 0 aromatic carbocycles. The van der Waals surface area contributed by atoms with Crippen LogP contribution in [-0.4, -0.2) is 25.6 Å². The van der Waals surface area contributed by atoms with Crippen LogP contribution in [0.2, 0.25) is 0 Å². The van der Waals surface area contributed by atoms with Crippen molar-refractivity contribution >= 4 is 0 Å². The van der Waals surface area contributed by atoms with Crippen LogP contribution < -0.4 is 10.9 Å². The van der Waals surface area contributed by atoms with Crippen molar-refractivity contribution in [1.82, 2.24) is 30.9 Å². The summed E-state index contributed by atoms with van der Waals surface area (Å²) in [5.41, 5.74) is 2.17. The molecule has 7 nitrogen and oxygen atoms in total.